The van der Waals surface area contributed by atoms with E-state index in [1.54, 1.807) is 12.3 Å². The summed E-state index contributed by atoms with van der Waals surface area (Å²) in [5, 5.41) is 2.52. The third kappa shape index (κ3) is 5.30. The molecule has 1 aliphatic carbocycles. The predicted octanol–water partition coefficient (Wildman–Crippen LogP) is 3.88. The van der Waals surface area contributed by atoms with Gasteiger partial charge in [0, 0.05) is 17.8 Å². The molecule has 24 heavy (non-hydrogen) atoms. The number of amides is 1. The Morgan fingerprint density at radius 1 is 1.38 bits per heavy atom. The minimum Gasteiger partial charge on any atom is -0.461 e. The van der Waals surface area contributed by atoms with E-state index in [-0.39, 0.29) is 11.8 Å². The number of esters is 1. The standard InChI is InChI=1S/C18H28N2O3S/c1-4-23-18(22)15-12-24-16(19-15)11-20(10-9-13(2)3)17(21)14-7-5-6-8-14/h12-14H,4-11H2,1-3H3. The number of thiazole rings is 1. The highest BCUT2D eigenvalue weighted by atomic mass is 32.1. The molecule has 0 aromatic carbocycles. The van der Waals surface area contributed by atoms with E-state index in [0.717, 1.165) is 43.7 Å². The predicted molar refractivity (Wildman–Crippen MR) is 94.9 cm³/mol. The van der Waals surface area contributed by atoms with Crippen molar-refractivity contribution in [3.05, 3.63) is 16.1 Å². The van der Waals surface area contributed by atoms with Gasteiger partial charge in [-0.15, -0.1) is 11.3 Å². The van der Waals surface area contributed by atoms with E-state index in [9.17, 15) is 9.59 Å². The molecule has 0 aliphatic heterocycles. The van der Waals surface area contributed by atoms with Gasteiger partial charge in [0.05, 0.1) is 13.2 Å². The van der Waals surface area contributed by atoms with Gasteiger partial charge >= 0.3 is 5.97 Å². The highest BCUT2D eigenvalue weighted by Gasteiger charge is 2.28. The fourth-order valence-corrected chi connectivity index (χ4v) is 3.74. The molecule has 0 unspecified atom stereocenters. The third-order valence-corrected chi connectivity index (χ3v) is 5.19. The molecule has 134 valence electrons. The number of hydrogen-bond donors (Lipinski definition) is 0. The second-order valence-electron chi connectivity index (χ2n) is 6.77. The van der Waals surface area contributed by atoms with Gasteiger partial charge in [-0.25, -0.2) is 9.78 Å². The van der Waals surface area contributed by atoms with Crippen molar-refractivity contribution in [1.29, 1.82) is 0 Å². The average molecular weight is 353 g/mol. The van der Waals surface area contributed by atoms with E-state index < -0.39 is 5.97 Å². The lowest BCUT2D eigenvalue weighted by Crippen LogP contribution is -2.36. The van der Waals surface area contributed by atoms with E-state index in [1.165, 1.54) is 11.3 Å². The second kappa shape index (κ2) is 9.16. The highest BCUT2D eigenvalue weighted by Crippen LogP contribution is 2.27. The number of ether oxygens (including phenoxy) is 1. The first-order valence-corrected chi connectivity index (χ1v) is 9.79. The first kappa shape index (κ1) is 18.9. The van der Waals surface area contributed by atoms with Crippen LogP contribution in [0.2, 0.25) is 0 Å². The Labute approximate surface area is 148 Å². The van der Waals surface area contributed by atoms with Gasteiger partial charge in [0.15, 0.2) is 5.69 Å². The molecule has 1 aliphatic rings. The highest BCUT2D eigenvalue weighted by molar-refractivity contribution is 7.09. The van der Waals surface area contributed by atoms with Crippen molar-refractivity contribution in [2.45, 2.75) is 59.4 Å². The van der Waals surface area contributed by atoms with Gasteiger partial charge in [0.1, 0.15) is 5.01 Å². The van der Waals surface area contributed by atoms with Crippen LogP contribution in [-0.2, 0) is 16.1 Å². The maximum absolute atomic E-state index is 12.8. The van der Waals surface area contributed by atoms with Crippen LogP contribution in [0.3, 0.4) is 0 Å². The third-order valence-electron chi connectivity index (χ3n) is 4.35. The Morgan fingerprint density at radius 3 is 2.71 bits per heavy atom. The zero-order valence-electron chi connectivity index (χ0n) is 14.9. The van der Waals surface area contributed by atoms with Gasteiger partial charge in [-0.2, -0.15) is 0 Å². The number of aromatic nitrogens is 1. The Hall–Kier alpha value is -1.43. The number of carbonyl (C=O) groups excluding carboxylic acids is 2. The lowest BCUT2D eigenvalue weighted by molar-refractivity contribution is -0.136. The first-order valence-electron chi connectivity index (χ1n) is 8.91. The fourth-order valence-electron chi connectivity index (χ4n) is 2.96. The Balaban J connectivity index is 2.03. The Bertz CT molecular complexity index is 550. The summed E-state index contributed by atoms with van der Waals surface area (Å²) in [6.45, 7) is 7.69. The molecule has 0 bridgehead atoms. The van der Waals surface area contributed by atoms with Crippen molar-refractivity contribution < 1.29 is 14.3 Å². The summed E-state index contributed by atoms with van der Waals surface area (Å²) in [6, 6.07) is 0. The Kier molecular flexibility index (Phi) is 7.21. The molecule has 6 heteroatoms. The number of nitrogens with zero attached hydrogens (tertiary/aromatic N) is 2. The molecule has 1 saturated carbocycles. The number of hydrogen-bond acceptors (Lipinski definition) is 5. The molecule has 1 aromatic rings. The minimum atomic E-state index is -0.393. The van der Waals surface area contributed by atoms with Gasteiger partial charge in [-0.1, -0.05) is 26.7 Å². The fraction of sp³-hybridized carbons (Fsp3) is 0.722. The summed E-state index contributed by atoms with van der Waals surface area (Å²) in [6.07, 6.45) is 5.29. The quantitative estimate of drug-likeness (QED) is 0.666. The van der Waals surface area contributed by atoms with Crippen LogP contribution in [0.5, 0.6) is 0 Å². The van der Waals surface area contributed by atoms with Crippen LogP contribution in [0.15, 0.2) is 5.38 Å². The Morgan fingerprint density at radius 2 is 2.08 bits per heavy atom. The van der Waals surface area contributed by atoms with E-state index in [1.807, 2.05) is 4.90 Å². The molecular weight excluding hydrogens is 324 g/mol. The summed E-state index contributed by atoms with van der Waals surface area (Å²) in [4.78, 5) is 30.8. The lowest BCUT2D eigenvalue weighted by Gasteiger charge is -2.25. The SMILES string of the molecule is CCOC(=O)c1csc(CN(CCC(C)C)C(=O)C2CCCC2)n1. The summed E-state index contributed by atoms with van der Waals surface area (Å²) in [7, 11) is 0. The summed E-state index contributed by atoms with van der Waals surface area (Å²) >= 11 is 1.42. The number of carbonyl (C=O) groups is 2. The van der Waals surface area contributed by atoms with Crippen LogP contribution in [0.1, 0.15) is 68.4 Å². The van der Waals surface area contributed by atoms with E-state index in [4.69, 9.17) is 4.74 Å². The molecule has 0 atom stereocenters. The van der Waals surface area contributed by atoms with Crippen molar-refractivity contribution in [2.75, 3.05) is 13.2 Å². The van der Waals surface area contributed by atoms with Gasteiger partial charge < -0.3 is 9.64 Å². The maximum atomic E-state index is 12.8. The zero-order chi connectivity index (χ0) is 17.5. The molecule has 0 saturated heterocycles. The molecule has 1 fully saturated rings. The van der Waals surface area contributed by atoms with E-state index in [2.05, 4.69) is 18.8 Å². The molecule has 1 heterocycles. The molecule has 1 amide bonds. The summed E-state index contributed by atoms with van der Waals surface area (Å²) < 4.78 is 4.98. The smallest absolute Gasteiger partial charge is 0.357 e. The lowest BCUT2D eigenvalue weighted by atomic mass is 10.1. The van der Waals surface area contributed by atoms with Gasteiger partial charge in [0.2, 0.25) is 5.91 Å². The molecule has 0 spiro atoms. The van der Waals surface area contributed by atoms with Gasteiger partial charge in [-0.3, -0.25) is 4.79 Å². The normalized spacial score (nSPS) is 15.0. The van der Waals surface area contributed by atoms with Crippen molar-refractivity contribution in [3.8, 4) is 0 Å². The van der Waals surface area contributed by atoms with Crippen LogP contribution in [-0.4, -0.2) is 34.9 Å². The van der Waals surface area contributed by atoms with Crippen LogP contribution in [0.4, 0.5) is 0 Å². The molecule has 0 radical (unpaired) electrons. The van der Waals surface area contributed by atoms with Crippen molar-refractivity contribution >= 4 is 23.2 Å². The minimum absolute atomic E-state index is 0.168. The van der Waals surface area contributed by atoms with Crippen molar-refractivity contribution in [1.82, 2.24) is 9.88 Å². The molecule has 2 rings (SSSR count). The van der Waals surface area contributed by atoms with Crippen molar-refractivity contribution in [2.24, 2.45) is 11.8 Å². The molecule has 0 N–H and O–H groups in total. The van der Waals surface area contributed by atoms with Crippen LogP contribution in [0.25, 0.3) is 0 Å². The monoisotopic (exact) mass is 352 g/mol. The van der Waals surface area contributed by atoms with Crippen LogP contribution >= 0.6 is 11.3 Å². The van der Waals surface area contributed by atoms with E-state index >= 15 is 0 Å². The molecular formula is C18H28N2O3S. The maximum Gasteiger partial charge on any atom is 0.357 e. The second-order valence-corrected chi connectivity index (χ2v) is 7.71. The largest absolute Gasteiger partial charge is 0.461 e. The van der Waals surface area contributed by atoms with Crippen LogP contribution in [0, 0.1) is 11.8 Å². The average Bonchev–Trinajstić information content (AvgIpc) is 3.22. The summed E-state index contributed by atoms with van der Waals surface area (Å²) in [5.74, 6) is 0.578. The molecule has 5 nitrogen and oxygen atoms in total. The van der Waals surface area contributed by atoms with E-state index in [0.29, 0.717) is 24.8 Å². The molecule has 1 aromatic heterocycles. The summed E-state index contributed by atoms with van der Waals surface area (Å²) in [5.41, 5.74) is 0.342. The van der Waals surface area contributed by atoms with Crippen molar-refractivity contribution in [3.63, 3.8) is 0 Å². The van der Waals surface area contributed by atoms with Crippen LogP contribution < -0.4 is 0 Å². The van der Waals surface area contributed by atoms with Gasteiger partial charge in [-0.05, 0) is 32.1 Å². The number of rotatable bonds is 8. The topological polar surface area (TPSA) is 59.5 Å². The zero-order valence-corrected chi connectivity index (χ0v) is 15.7. The van der Waals surface area contributed by atoms with Gasteiger partial charge in [0.25, 0.3) is 0 Å². The first-order chi connectivity index (χ1) is 11.5.